The van der Waals surface area contributed by atoms with Gasteiger partial charge < -0.3 is 15.0 Å². The Bertz CT molecular complexity index is 719. The van der Waals surface area contributed by atoms with E-state index < -0.39 is 5.97 Å². The molecule has 0 bridgehead atoms. The zero-order valence-electron chi connectivity index (χ0n) is 12.4. The average molecular weight is 288 g/mol. The van der Waals surface area contributed by atoms with Crippen LogP contribution >= 0.6 is 0 Å². The highest BCUT2D eigenvalue weighted by atomic mass is 16.5. The number of anilines is 1. The molecule has 0 aliphatic carbocycles. The lowest BCUT2D eigenvalue weighted by Gasteiger charge is -2.13. The van der Waals surface area contributed by atoms with Crippen molar-refractivity contribution >= 4 is 22.6 Å². The van der Waals surface area contributed by atoms with E-state index >= 15 is 0 Å². The number of rotatable bonds is 5. The number of carbonyl (C=O) groups is 1. The van der Waals surface area contributed by atoms with Crippen molar-refractivity contribution in [2.45, 2.75) is 33.2 Å². The van der Waals surface area contributed by atoms with Crippen LogP contribution < -0.4 is 11.2 Å². The van der Waals surface area contributed by atoms with Crippen LogP contribution in [0, 0.1) is 0 Å². The number of nitrogens with zero attached hydrogens (tertiary/aromatic N) is 1. The van der Waals surface area contributed by atoms with Gasteiger partial charge in [-0.15, -0.1) is 0 Å². The standard InChI is InChI=1S/C16H20N2O3/c1-3-5-8-18-10-13(16(20)21-4-2)15(19)12-7-6-11(17)9-14(12)18/h6-7,9-10H,3-5,8,17H2,1-2H3. The summed E-state index contributed by atoms with van der Waals surface area (Å²) in [6.45, 7) is 4.77. The molecule has 112 valence electrons. The molecule has 0 fully saturated rings. The van der Waals surface area contributed by atoms with Gasteiger partial charge in [0.15, 0.2) is 0 Å². The number of nitrogens with two attached hydrogens (primary N) is 1. The molecule has 2 aromatic rings. The van der Waals surface area contributed by atoms with Gasteiger partial charge in [-0.3, -0.25) is 4.79 Å². The predicted molar refractivity (Wildman–Crippen MR) is 83.5 cm³/mol. The quantitative estimate of drug-likeness (QED) is 0.677. The van der Waals surface area contributed by atoms with E-state index in [1.807, 2.05) is 4.57 Å². The molecule has 0 amide bonds. The maximum absolute atomic E-state index is 12.4. The van der Waals surface area contributed by atoms with Gasteiger partial charge in [0.2, 0.25) is 5.43 Å². The second-order valence-electron chi connectivity index (χ2n) is 4.92. The Morgan fingerprint density at radius 3 is 2.76 bits per heavy atom. The smallest absolute Gasteiger partial charge is 0.343 e. The Kier molecular flexibility index (Phi) is 4.62. The number of ether oxygens (including phenoxy) is 1. The first-order valence-electron chi connectivity index (χ1n) is 7.18. The molecule has 5 nitrogen and oxygen atoms in total. The van der Waals surface area contributed by atoms with Crippen molar-refractivity contribution in [3.8, 4) is 0 Å². The van der Waals surface area contributed by atoms with Crippen molar-refractivity contribution in [2.75, 3.05) is 12.3 Å². The summed E-state index contributed by atoms with van der Waals surface area (Å²) in [5.74, 6) is -0.577. The van der Waals surface area contributed by atoms with Crippen LogP contribution in [0.3, 0.4) is 0 Å². The molecule has 2 rings (SSSR count). The molecule has 21 heavy (non-hydrogen) atoms. The lowest BCUT2D eigenvalue weighted by Crippen LogP contribution is -2.21. The molecule has 1 aromatic heterocycles. The Labute approximate surface area is 123 Å². The summed E-state index contributed by atoms with van der Waals surface area (Å²) in [7, 11) is 0. The van der Waals surface area contributed by atoms with Crippen LogP contribution in [-0.4, -0.2) is 17.1 Å². The van der Waals surface area contributed by atoms with Gasteiger partial charge in [0.25, 0.3) is 0 Å². The van der Waals surface area contributed by atoms with Gasteiger partial charge in [0.1, 0.15) is 5.56 Å². The van der Waals surface area contributed by atoms with Crippen LogP contribution in [-0.2, 0) is 11.3 Å². The van der Waals surface area contributed by atoms with Crippen molar-refractivity contribution in [1.82, 2.24) is 4.57 Å². The van der Waals surface area contributed by atoms with Gasteiger partial charge in [-0.05, 0) is 31.5 Å². The first-order valence-corrected chi connectivity index (χ1v) is 7.18. The monoisotopic (exact) mass is 288 g/mol. The highest BCUT2D eigenvalue weighted by Gasteiger charge is 2.16. The molecule has 0 aliphatic heterocycles. The van der Waals surface area contributed by atoms with E-state index in [-0.39, 0.29) is 17.6 Å². The maximum atomic E-state index is 12.4. The summed E-state index contributed by atoms with van der Waals surface area (Å²) in [4.78, 5) is 24.4. The number of nitrogen functional groups attached to an aromatic ring is 1. The Balaban J connectivity index is 2.66. The summed E-state index contributed by atoms with van der Waals surface area (Å²) in [5, 5.41) is 0.492. The number of aryl methyl sites for hydroxylation is 1. The summed E-state index contributed by atoms with van der Waals surface area (Å²) in [6.07, 6.45) is 3.55. The van der Waals surface area contributed by atoms with Crippen LogP contribution in [0.2, 0.25) is 0 Å². The number of unbranched alkanes of at least 4 members (excludes halogenated alkanes) is 1. The minimum absolute atomic E-state index is 0.0743. The zero-order chi connectivity index (χ0) is 15.4. The third-order valence-corrected chi connectivity index (χ3v) is 3.35. The third-order valence-electron chi connectivity index (χ3n) is 3.35. The van der Waals surface area contributed by atoms with Crippen LogP contribution in [0.25, 0.3) is 10.9 Å². The Morgan fingerprint density at radius 2 is 2.10 bits per heavy atom. The largest absolute Gasteiger partial charge is 0.462 e. The molecule has 2 N–H and O–H groups in total. The van der Waals surface area contributed by atoms with Crippen molar-refractivity contribution in [3.63, 3.8) is 0 Å². The van der Waals surface area contributed by atoms with E-state index in [4.69, 9.17) is 10.5 Å². The lowest BCUT2D eigenvalue weighted by atomic mass is 10.1. The molecule has 1 heterocycles. The fourth-order valence-electron chi connectivity index (χ4n) is 2.28. The van der Waals surface area contributed by atoms with Crippen LogP contribution in [0.1, 0.15) is 37.0 Å². The zero-order valence-corrected chi connectivity index (χ0v) is 12.4. The van der Waals surface area contributed by atoms with Crippen molar-refractivity contribution in [1.29, 1.82) is 0 Å². The third kappa shape index (κ3) is 3.07. The minimum Gasteiger partial charge on any atom is -0.462 e. The first-order chi connectivity index (χ1) is 10.1. The second kappa shape index (κ2) is 6.43. The fourth-order valence-corrected chi connectivity index (χ4v) is 2.28. The van der Waals surface area contributed by atoms with E-state index in [1.165, 1.54) is 0 Å². The van der Waals surface area contributed by atoms with E-state index in [1.54, 1.807) is 31.3 Å². The summed E-state index contributed by atoms with van der Waals surface area (Å²) in [6, 6.07) is 5.10. The molecule has 0 atom stereocenters. The molecule has 1 aromatic carbocycles. The molecule has 0 radical (unpaired) electrons. The molecule has 0 saturated carbocycles. The molecule has 5 heteroatoms. The number of esters is 1. The number of hydrogen-bond acceptors (Lipinski definition) is 4. The molecular weight excluding hydrogens is 268 g/mol. The Morgan fingerprint density at radius 1 is 1.33 bits per heavy atom. The summed E-state index contributed by atoms with van der Waals surface area (Å²) >= 11 is 0. The van der Waals surface area contributed by atoms with Crippen LogP contribution in [0.5, 0.6) is 0 Å². The molecule has 0 spiro atoms. The number of benzene rings is 1. The lowest BCUT2D eigenvalue weighted by molar-refractivity contribution is 0.0524. The van der Waals surface area contributed by atoms with E-state index in [0.29, 0.717) is 11.1 Å². The number of aromatic nitrogens is 1. The normalized spacial score (nSPS) is 10.8. The molecule has 0 unspecified atom stereocenters. The number of hydrogen-bond donors (Lipinski definition) is 1. The van der Waals surface area contributed by atoms with Gasteiger partial charge in [0, 0.05) is 23.8 Å². The summed E-state index contributed by atoms with van der Waals surface area (Å²) < 4.78 is 6.87. The molecular formula is C16H20N2O3. The predicted octanol–water partition coefficient (Wildman–Crippen LogP) is 2.56. The SMILES string of the molecule is CCCCn1cc(C(=O)OCC)c(=O)c2ccc(N)cc21. The minimum atomic E-state index is -0.577. The van der Waals surface area contributed by atoms with E-state index in [2.05, 4.69) is 6.92 Å². The van der Waals surface area contributed by atoms with Crippen LogP contribution in [0.15, 0.2) is 29.2 Å². The second-order valence-corrected chi connectivity index (χ2v) is 4.92. The summed E-state index contributed by atoms with van der Waals surface area (Å²) in [5.41, 5.74) is 6.92. The van der Waals surface area contributed by atoms with E-state index in [9.17, 15) is 9.59 Å². The number of fused-ring (bicyclic) bond motifs is 1. The van der Waals surface area contributed by atoms with E-state index in [0.717, 1.165) is 24.9 Å². The highest BCUT2D eigenvalue weighted by molar-refractivity contribution is 5.94. The Hall–Kier alpha value is -2.30. The number of carbonyl (C=O) groups excluding carboxylic acids is 1. The van der Waals surface area contributed by atoms with Gasteiger partial charge >= 0.3 is 5.97 Å². The molecule has 0 aliphatic rings. The van der Waals surface area contributed by atoms with Crippen LogP contribution in [0.4, 0.5) is 5.69 Å². The topological polar surface area (TPSA) is 74.3 Å². The van der Waals surface area contributed by atoms with Gasteiger partial charge in [-0.2, -0.15) is 0 Å². The van der Waals surface area contributed by atoms with Crippen molar-refractivity contribution < 1.29 is 9.53 Å². The van der Waals surface area contributed by atoms with Crippen molar-refractivity contribution in [2.24, 2.45) is 0 Å². The molecule has 0 saturated heterocycles. The van der Waals surface area contributed by atoms with Gasteiger partial charge in [-0.25, -0.2) is 4.79 Å². The van der Waals surface area contributed by atoms with Gasteiger partial charge in [-0.1, -0.05) is 13.3 Å². The maximum Gasteiger partial charge on any atom is 0.343 e. The average Bonchev–Trinajstić information content (AvgIpc) is 2.46. The first kappa shape index (κ1) is 15.1. The van der Waals surface area contributed by atoms with Crippen molar-refractivity contribution in [3.05, 3.63) is 40.2 Å². The fraction of sp³-hybridized carbons (Fsp3) is 0.375. The number of pyridine rings is 1. The highest BCUT2D eigenvalue weighted by Crippen LogP contribution is 2.17. The van der Waals surface area contributed by atoms with Gasteiger partial charge in [0.05, 0.1) is 12.1 Å².